The van der Waals surface area contributed by atoms with Gasteiger partial charge in [0.1, 0.15) is 0 Å². The zero-order valence-electron chi connectivity index (χ0n) is 12.4. The maximum atomic E-state index is 12.5. The Hall–Kier alpha value is -1.26. The van der Waals surface area contributed by atoms with Gasteiger partial charge in [-0.3, -0.25) is 4.79 Å². The molecule has 4 heteroatoms. The van der Waals surface area contributed by atoms with Crippen molar-refractivity contribution in [1.82, 2.24) is 4.98 Å². The van der Waals surface area contributed by atoms with Gasteiger partial charge in [-0.15, -0.1) is 0 Å². The molecule has 1 N–H and O–H groups in total. The molecule has 2 heterocycles. The molecule has 1 aliphatic heterocycles. The van der Waals surface area contributed by atoms with Gasteiger partial charge >= 0.3 is 0 Å². The number of benzene rings is 1. The monoisotopic (exact) mass is 303 g/mol. The summed E-state index contributed by atoms with van der Waals surface area (Å²) < 4.78 is 5.71. The van der Waals surface area contributed by atoms with Gasteiger partial charge in [0.05, 0.1) is 11.9 Å². The molecule has 3 nitrogen and oxygen atoms in total. The van der Waals surface area contributed by atoms with Crippen LogP contribution in [0.3, 0.4) is 0 Å². The number of carbonyl (C=O) groups excluding carboxylic acids is 1. The molecule has 0 amide bonds. The number of ether oxygens (including phenoxy) is 1. The summed E-state index contributed by atoms with van der Waals surface area (Å²) in [7, 11) is 0. The molecule has 0 spiro atoms. The molecule has 0 bridgehead atoms. The fourth-order valence-corrected chi connectivity index (χ4v) is 3.90. The Bertz CT molecular complexity index is 629. The Labute approximate surface area is 129 Å². The van der Waals surface area contributed by atoms with E-state index in [1.54, 1.807) is 11.8 Å². The van der Waals surface area contributed by atoms with E-state index in [1.165, 1.54) is 12.8 Å². The van der Waals surface area contributed by atoms with Gasteiger partial charge in [-0.2, -0.15) is 11.8 Å². The van der Waals surface area contributed by atoms with E-state index in [4.69, 9.17) is 4.74 Å². The van der Waals surface area contributed by atoms with Crippen LogP contribution in [0.25, 0.3) is 10.9 Å². The van der Waals surface area contributed by atoms with Crippen molar-refractivity contribution in [3.8, 4) is 0 Å². The van der Waals surface area contributed by atoms with Crippen molar-refractivity contribution in [1.29, 1.82) is 0 Å². The summed E-state index contributed by atoms with van der Waals surface area (Å²) in [6.45, 7) is 2.85. The van der Waals surface area contributed by atoms with E-state index >= 15 is 0 Å². The molecular weight excluding hydrogens is 282 g/mol. The van der Waals surface area contributed by atoms with Crippen LogP contribution in [0.4, 0.5) is 0 Å². The maximum Gasteiger partial charge on any atom is 0.175 e. The average Bonchev–Trinajstić information content (AvgIpc) is 2.84. The summed E-state index contributed by atoms with van der Waals surface area (Å²) in [6.07, 6.45) is 3.89. The molecule has 112 valence electrons. The van der Waals surface area contributed by atoms with E-state index in [-0.39, 0.29) is 5.78 Å². The summed E-state index contributed by atoms with van der Waals surface area (Å²) in [6, 6.07) is 8.00. The normalized spacial score (nSPS) is 19.0. The van der Waals surface area contributed by atoms with Crippen molar-refractivity contribution in [2.45, 2.75) is 32.3 Å². The first-order chi connectivity index (χ1) is 10.3. The lowest BCUT2D eigenvalue weighted by Crippen LogP contribution is -2.22. The van der Waals surface area contributed by atoms with E-state index in [0.29, 0.717) is 11.9 Å². The number of ketones is 1. The van der Waals surface area contributed by atoms with Gasteiger partial charge in [0.15, 0.2) is 5.78 Å². The van der Waals surface area contributed by atoms with Crippen LogP contribution in [0.2, 0.25) is 0 Å². The highest BCUT2D eigenvalue weighted by molar-refractivity contribution is 8.00. The van der Waals surface area contributed by atoms with E-state index in [2.05, 4.69) is 4.98 Å². The van der Waals surface area contributed by atoms with Crippen LogP contribution < -0.4 is 0 Å². The zero-order valence-corrected chi connectivity index (χ0v) is 13.2. The molecule has 1 unspecified atom stereocenters. The van der Waals surface area contributed by atoms with Gasteiger partial charge in [0, 0.05) is 34.5 Å². The minimum absolute atomic E-state index is 0.214. The van der Waals surface area contributed by atoms with E-state index in [0.717, 1.165) is 40.9 Å². The predicted octanol–water partition coefficient (Wildman–Crippen LogP) is 3.96. The number of hydrogen-bond acceptors (Lipinski definition) is 3. The first-order valence-electron chi connectivity index (χ1n) is 7.55. The molecule has 21 heavy (non-hydrogen) atoms. The van der Waals surface area contributed by atoms with Crippen LogP contribution >= 0.6 is 11.8 Å². The SMILES string of the molecule is Cc1[nH]c2ccccc2c1C(=O)CSCC1CCCCO1. The molecule has 1 aromatic carbocycles. The number of H-pyrrole nitrogens is 1. The van der Waals surface area contributed by atoms with Gasteiger partial charge in [0.2, 0.25) is 0 Å². The molecule has 1 aromatic heterocycles. The zero-order chi connectivity index (χ0) is 14.7. The second-order valence-corrected chi connectivity index (χ2v) is 6.63. The van der Waals surface area contributed by atoms with Crippen molar-refractivity contribution in [3.05, 3.63) is 35.5 Å². The van der Waals surface area contributed by atoms with Crippen LogP contribution in [0.1, 0.15) is 35.3 Å². The first kappa shape index (κ1) is 14.7. The fraction of sp³-hybridized carbons (Fsp3) is 0.471. The topological polar surface area (TPSA) is 42.1 Å². The molecule has 1 aliphatic rings. The Balaban J connectivity index is 1.62. The van der Waals surface area contributed by atoms with Crippen LogP contribution in [-0.4, -0.2) is 35.0 Å². The standard InChI is InChI=1S/C17H21NO2S/c1-12-17(14-7-2-3-8-15(14)18-12)16(19)11-21-10-13-6-4-5-9-20-13/h2-3,7-8,13,18H,4-6,9-11H2,1H3. The summed E-state index contributed by atoms with van der Waals surface area (Å²) >= 11 is 1.69. The third-order valence-corrected chi connectivity index (χ3v) is 5.06. The predicted molar refractivity (Wildman–Crippen MR) is 88.3 cm³/mol. The number of aromatic amines is 1. The number of fused-ring (bicyclic) bond motifs is 1. The summed E-state index contributed by atoms with van der Waals surface area (Å²) in [5.41, 5.74) is 2.86. The van der Waals surface area contributed by atoms with Crippen molar-refractivity contribution in [3.63, 3.8) is 0 Å². The third kappa shape index (κ3) is 3.33. The third-order valence-electron chi connectivity index (χ3n) is 3.98. The highest BCUT2D eigenvalue weighted by Crippen LogP contribution is 2.24. The highest BCUT2D eigenvalue weighted by Gasteiger charge is 2.18. The number of para-hydroxylation sites is 1. The molecule has 1 fully saturated rings. The smallest absolute Gasteiger partial charge is 0.175 e. The summed E-state index contributed by atoms with van der Waals surface area (Å²) in [5, 5.41) is 1.04. The second-order valence-electron chi connectivity index (χ2n) is 5.60. The fourth-order valence-electron chi connectivity index (χ4n) is 2.93. The van der Waals surface area contributed by atoms with E-state index in [9.17, 15) is 4.79 Å². The summed E-state index contributed by atoms with van der Waals surface area (Å²) in [5.74, 6) is 1.67. The largest absolute Gasteiger partial charge is 0.377 e. The van der Waals surface area contributed by atoms with E-state index < -0.39 is 0 Å². The van der Waals surface area contributed by atoms with Gasteiger partial charge in [-0.25, -0.2) is 0 Å². The molecular formula is C17H21NO2S. The lowest BCUT2D eigenvalue weighted by atomic mass is 10.1. The molecule has 1 saturated heterocycles. The Morgan fingerprint density at radius 1 is 1.38 bits per heavy atom. The Morgan fingerprint density at radius 3 is 3.05 bits per heavy atom. The number of nitrogens with one attached hydrogen (secondary N) is 1. The summed E-state index contributed by atoms with van der Waals surface area (Å²) in [4.78, 5) is 15.8. The van der Waals surface area contributed by atoms with Gasteiger partial charge in [0.25, 0.3) is 0 Å². The van der Waals surface area contributed by atoms with Crippen LogP contribution in [0, 0.1) is 6.92 Å². The van der Waals surface area contributed by atoms with Crippen LogP contribution in [-0.2, 0) is 4.74 Å². The van der Waals surface area contributed by atoms with Gasteiger partial charge < -0.3 is 9.72 Å². The Kier molecular flexibility index (Phi) is 4.66. The molecule has 2 aromatic rings. The number of thioether (sulfide) groups is 1. The highest BCUT2D eigenvalue weighted by atomic mass is 32.2. The molecule has 0 saturated carbocycles. The average molecular weight is 303 g/mol. The lowest BCUT2D eigenvalue weighted by Gasteiger charge is -2.21. The van der Waals surface area contributed by atoms with E-state index in [1.807, 2.05) is 31.2 Å². The van der Waals surface area contributed by atoms with Crippen LogP contribution in [0.5, 0.6) is 0 Å². The number of aryl methyl sites for hydroxylation is 1. The first-order valence-corrected chi connectivity index (χ1v) is 8.71. The van der Waals surface area contributed by atoms with Gasteiger partial charge in [-0.1, -0.05) is 18.2 Å². The quantitative estimate of drug-likeness (QED) is 0.850. The van der Waals surface area contributed by atoms with Gasteiger partial charge in [-0.05, 0) is 32.3 Å². The number of rotatable bonds is 5. The van der Waals surface area contributed by atoms with Crippen molar-refractivity contribution < 1.29 is 9.53 Å². The number of carbonyl (C=O) groups is 1. The molecule has 1 atom stereocenters. The van der Waals surface area contributed by atoms with Crippen LogP contribution in [0.15, 0.2) is 24.3 Å². The number of aromatic nitrogens is 1. The minimum atomic E-state index is 0.214. The molecule has 0 radical (unpaired) electrons. The maximum absolute atomic E-state index is 12.5. The molecule has 3 rings (SSSR count). The number of Topliss-reactive ketones (excluding diaryl/α,β-unsaturated/α-hetero) is 1. The van der Waals surface area contributed by atoms with Crippen molar-refractivity contribution in [2.75, 3.05) is 18.1 Å². The minimum Gasteiger partial charge on any atom is -0.377 e. The molecule has 0 aliphatic carbocycles. The van der Waals surface area contributed by atoms with Crippen molar-refractivity contribution >= 4 is 28.4 Å². The van der Waals surface area contributed by atoms with Crippen molar-refractivity contribution in [2.24, 2.45) is 0 Å². The second kappa shape index (κ2) is 6.67. The lowest BCUT2D eigenvalue weighted by molar-refractivity contribution is 0.0315. The Morgan fingerprint density at radius 2 is 2.24 bits per heavy atom. The number of hydrogen-bond donors (Lipinski definition) is 1.